The van der Waals surface area contributed by atoms with E-state index in [9.17, 15) is 8.42 Å². The number of benzene rings is 1. The van der Waals surface area contributed by atoms with Crippen molar-refractivity contribution in [2.45, 2.75) is 18.0 Å². The molecule has 2 aromatic rings. The standard InChI is InChI=1S/C14H19N3O2S/c1-16-11-14(8-13(16)9-15)20(18,19)17(2)10-12-6-4-3-5-7-12/h3-8,11H,9-10,15H2,1-2H3. The zero-order valence-electron chi connectivity index (χ0n) is 11.7. The Labute approximate surface area is 119 Å². The molecular formula is C14H19N3O2S. The van der Waals surface area contributed by atoms with Gasteiger partial charge in [0.1, 0.15) is 4.90 Å². The van der Waals surface area contributed by atoms with Gasteiger partial charge in [-0.15, -0.1) is 0 Å². The summed E-state index contributed by atoms with van der Waals surface area (Å²) >= 11 is 0. The third kappa shape index (κ3) is 2.92. The van der Waals surface area contributed by atoms with E-state index in [0.717, 1.165) is 11.3 Å². The molecule has 0 fully saturated rings. The van der Waals surface area contributed by atoms with Crippen LogP contribution in [0.4, 0.5) is 0 Å². The van der Waals surface area contributed by atoms with Crippen LogP contribution in [0.3, 0.4) is 0 Å². The van der Waals surface area contributed by atoms with Crippen LogP contribution in [0.1, 0.15) is 11.3 Å². The summed E-state index contributed by atoms with van der Waals surface area (Å²) in [6.45, 7) is 0.657. The monoisotopic (exact) mass is 293 g/mol. The van der Waals surface area contributed by atoms with Gasteiger partial charge in [0.15, 0.2) is 0 Å². The summed E-state index contributed by atoms with van der Waals surface area (Å²) in [6, 6.07) is 11.1. The molecule has 2 N–H and O–H groups in total. The van der Waals surface area contributed by atoms with E-state index in [-0.39, 0.29) is 4.90 Å². The van der Waals surface area contributed by atoms with E-state index in [1.54, 1.807) is 30.9 Å². The molecule has 1 heterocycles. The van der Waals surface area contributed by atoms with Crippen LogP contribution in [-0.4, -0.2) is 24.3 Å². The van der Waals surface area contributed by atoms with Crippen LogP contribution >= 0.6 is 0 Å². The molecule has 1 aromatic heterocycles. The molecule has 0 spiro atoms. The summed E-state index contributed by atoms with van der Waals surface area (Å²) in [5.41, 5.74) is 7.32. The molecule has 5 nitrogen and oxygen atoms in total. The number of nitrogens with zero attached hydrogens (tertiary/aromatic N) is 2. The van der Waals surface area contributed by atoms with Crippen LogP contribution in [0, 0.1) is 0 Å². The number of hydrogen-bond acceptors (Lipinski definition) is 3. The average molecular weight is 293 g/mol. The molecule has 0 amide bonds. The molecular weight excluding hydrogens is 274 g/mol. The third-order valence-corrected chi connectivity index (χ3v) is 5.02. The van der Waals surface area contributed by atoms with Crippen molar-refractivity contribution in [2.75, 3.05) is 7.05 Å². The lowest BCUT2D eigenvalue weighted by atomic mass is 10.2. The maximum absolute atomic E-state index is 12.5. The fraction of sp³-hybridized carbons (Fsp3) is 0.286. The largest absolute Gasteiger partial charge is 0.352 e. The molecule has 1 aromatic carbocycles. The van der Waals surface area contributed by atoms with Crippen LogP contribution in [0.25, 0.3) is 0 Å². The van der Waals surface area contributed by atoms with Gasteiger partial charge in [0.05, 0.1) is 0 Å². The number of aryl methyl sites for hydroxylation is 1. The fourth-order valence-electron chi connectivity index (χ4n) is 2.03. The quantitative estimate of drug-likeness (QED) is 0.903. The van der Waals surface area contributed by atoms with E-state index in [1.165, 1.54) is 4.31 Å². The van der Waals surface area contributed by atoms with Crippen molar-refractivity contribution in [1.29, 1.82) is 0 Å². The second kappa shape index (κ2) is 5.78. The number of rotatable bonds is 5. The van der Waals surface area contributed by atoms with Gasteiger partial charge in [-0.05, 0) is 11.6 Å². The number of hydrogen-bond donors (Lipinski definition) is 1. The van der Waals surface area contributed by atoms with E-state index in [0.29, 0.717) is 13.1 Å². The Morgan fingerprint density at radius 2 is 1.90 bits per heavy atom. The highest BCUT2D eigenvalue weighted by Gasteiger charge is 2.22. The van der Waals surface area contributed by atoms with Crippen LogP contribution in [0.5, 0.6) is 0 Å². The normalized spacial score (nSPS) is 12.0. The van der Waals surface area contributed by atoms with Gasteiger partial charge >= 0.3 is 0 Å². The molecule has 20 heavy (non-hydrogen) atoms. The summed E-state index contributed by atoms with van der Waals surface area (Å²) in [4.78, 5) is 0.277. The zero-order valence-corrected chi connectivity index (χ0v) is 12.5. The van der Waals surface area contributed by atoms with Crippen molar-refractivity contribution in [3.8, 4) is 0 Å². The Bertz CT molecular complexity index is 678. The summed E-state index contributed by atoms with van der Waals surface area (Å²) in [5, 5.41) is 0. The molecule has 108 valence electrons. The summed E-state index contributed by atoms with van der Waals surface area (Å²) < 4.78 is 28.1. The lowest BCUT2D eigenvalue weighted by Crippen LogP contribution is -2.26. The van der Waals surface area contributed by atoms with Gasteiger partial charge in [0, 0.05) is 39.1 Å². The summed E-state index contributed by atoms with van der Waals surface area (Å²) in [7, 11) is -0.121. The summed E-state index contributed by atoms with van der Waals surface area (Å²) in [5.74, 6) is 0. The predicted octanol–water partition coefficient (Wildman–Crippen LogP) is 1.30. The van der Waals surface area contributed by atoms with Crippen molar-refractivity contribution < 1.29 is 8.42 Å². The first-order valence-electron chi connectivity index (χ1n) is 6.30. The van der Waals surface area contributed by atoms with Crippen molar-refractivity contribution in [1.82, 2.24) is 8.87 Å². The van der Waals surface area contributed by atoms with Crippen LogP contribution < -0.4 is 5.73 Å². The van der Waals surface area contributed by atoms with Crippen molar-refractivity contribution >= 4 is 10.0 Å². The van der Waals surface area contributed by atoms with Gasteiger partial charge in [0.25, 0.3) is 0 Å². The van der Waals surface area contributed by atoms with Crippen LogP contribution in [0.15, 0.2) is 47.5 Å². The van der Waals surface area contributed by atoms with E-state index in [4.69, 9.17) is 5.73 Å². The Kier molecular flexibility index (Phi) is 4.27. The van der Waals surface area contributed by atoms with Crippen LogP contribution in [-0.2, 0) is 30.2 Å². The molecule has 2 rings (SSSR count). The smallest absolute Gasteiger partial charge is 0.244 e. The molecule has 0 aliphatic rings. The molecule has 0 aliphatic heterocycles. The minimum atomic E-state index is -3.49. The second-order valence-corrected chi connectivity index (χ2v) is 6.77. The van der Waals surface area contributed by atoms with Gasteiger partial charge in [-0.1, -0.05) is 30.3 Å². The lowest BCUT2D eigenvalue weighted by molar-refractivity contribution is 0.466. The summed E-state index contributed by atoms with van der Waals surface area (Å²) in [6.07, 6.45) is 1.60. The molecule has 0 atom stereocenters. The van der Waals surface area contributed by atoms with Crippen molar-refractivity contribution in [3.63, 3.8) is 0 Å². The lowest BCUT2D eigenvalue weighted by Gasteiger charge is -2.16. The first-order chi connectivity index (χ1) is 9.45. The van der Waals surface area contributed by atoms with Crippen molar-refractivity contribution in [3.05, 3.63) is 53.9 Å². The third-order valence-electron chi connectivity index (χ3n) is 3.25. The Balaban J connectivity index is 2.25. The highest BCUT2D eigenvalue weighted by atomic mass is 32.2. The number of aromatic nitrogens is 1. The van der Waals surface area contributed by atoms with Gasteiger partial charge in [-0.2, -0.15) is 4.31 Å². The van der Waals surface area contributed by atoms with Gasteiger partial charge < -0.3 is 10.3 Å². The van der Waals surface area contributed by atoms with Crippen molar-refractivity contribution in [2.24, 2.45) is 12.8 Å². The maximum atomic E-state index is 12.5. The second-order valence-electron chi connectivity index (χ2n) is 4.73. The van der Waals surface area contributed by atoms with Gasteiger partial charge in [-0.3, -0.25) is 0 Å². The molecule has 0 unspecified atom stereocenters. The van der Waals surface area contributed by atoms with E-state index >= 15 is 0 Å². The van der Waals surface area contributed by atoms with E-state index < -0.39 is 10.0 Å². The molecule has 0 radical (unpaired) electrons. The first kappa shape index (κ1) is 14.8. The van der Waals surface area contributed by atoms with Gasteiger partial charge in [0.2, 0.25) is 10.0 Å². The van der Waals surface area contributed by atoms with E-state index in [1.807, 2.05) is 30.3 Å². The highest BCUT2D eigenvalue weighted by Crippen LogP contribution is 2.19. The molecule has 0 aliphatic carbocycles. The Hall–Kier alpha value is -1.63. The predicted molar refractivity (Wildman–Crippen MR) is 78.4 cm³/mol. The Morgan fingerprint density at radius 1 is 1.25 bits per heavy atom. The molecule has 0 bridgehead atoms. The molecule has 0 saturated heterocycles. The number of sulfonamides is 1. The van der Waals surface area contributed by atoms with Crippen LogP contribution in [0.2, 0.25) is 0 Å². The highest BCUT2D eigenvalue weighted by molar-refractivity contribution is 7.89. The minimum absolute atomic E-state index is 0.277. The molecule has 0 saturated carbocycles. The first-order valence-corrected chi connectivity index (χ1v) is 7.74. The molecule has 6 heteroatoms. The maximum Gasteiger partial charge on any atom is 0.244 e. The average Bonchev–Trinajstić information content (AvgIpc) is 2.81. The number of nitrogens with two attached hydrogens (primary N) is 1. The van der Waals surface area contributed by atoms with E-state index in [2.05, 4.69) is 0 Å². The SMILES string of the molecule is CN(Cc1ccccc1)S(=O)(=O)c1cc(CN)n(C)c1. The Morgan fingerprint density at radius 3 is 2.45 bits per heavy atom. The zero-order chi connectivity index (χ0) is 14.8. The minimum Gasteiger partial charge on any atom is -0.352 e. The van der Waals surface area contributed by atoms with Gasteiger partial charge in [-0.25, -0.2) is 8.42 Å². The fourth-order valence-corrected chi connectivity index (χ4v) is 3.28. The topological polar surface area (TPSA) is 68.3 Å².